The fourth-order valence-electron chi connectivity index (χ4n) is 1.45. The number of nitrogens with zero attached hydrogens (tertiary/aromatic N) is 3. The van der Waals surface area contributed by atoms with Gasteiger partial charge in [0.1, 0.15) is 12.2 Å². The Labute approximate surface area is 114 Å². The molecule has 1 atom stereocenters. The highest BCUT2D eigenvalue weighted by molar-refractivity contribution is 5.83. The van der Waals surface area contributed by atoms with Gasteiger partial charge in [-0.3, -0.25) is 4.79 Å². The third kappa shape index (κ3) is 4.52. The van der Waals surface area contributed by atoms with Gasteiger partial charge in [0.2, 0.25) is 12.2 Å². The summed E-state index contributed by atoms with van der Waals surface area (Å²) in [6.45, 7) is 3.59. The summed E-state index contributed by atoms with van der Waals surface area (Å²) < 4.78 is 1.39. The molecule has 1 aromatic heterocycles. The van der Waals surface area contributed by atoms with Crippen molar-refractivity contribution >= 4 is 17.7 Å². The van der Waals surface area contributed by atoms with Crippen LogP contribution in [0.2, 0.25) is 0 Å². The fourth-order valence-corrected chi connectivity index (χ4v) is 1.45. The van der Waals surface area contributed by atoms with Crippen LogP contribution in [0.4, 0.5) is 5.82 Å². The molecule has 2 N–H and O–H groups in total. The molecular formula is C11H14N4O5. The molecule has 0 aromatic carbocycles. The number of nitro groups is 1. The van der Waals surface area contributed by atoms with Crippen molar-refractivity contribution in [2.24, 2.45) is 0 Å². The fraction of sp³-hybridized carbons (Fsp3) is 0.364. The molecule has 1 aromatic rings. The molecule has 1 heterocycles. The Hall–Kier alpha value is -2.71. The van der Waals surface area contributed by atoms with Gasteiger partial charge < -0.3 is 25.1 Å². The predicted molar refractivity (Wildman–Crippen MR) is 67.9 cm³/mol. The molecule has 9 nitrogen and oxygen atoms in total. The second-order valence-electron chi connectivity index (χ2n) is 3.96. The second-order valence-corrected chi connectivity index (χ2v) is 3.96. The van der Waals surface area contributed by atoms with Crippen LogP contribution in [0.25, 0.3) is 0 Å². The maximum atomic E-state index is 11.6. The van der Waals surface area contributed by atoms with Crippen LogP contribution in [0.1, 0.15) is 12.8 Å². The molecular weight excluding hydrogens is 268 g/mol. The molecule has 9 heteroatoms. The van der Waals surface area contributed by atoms with Crippen molar-refractivity contribution in [1.29, 1.82) is 0 Å². The van der Waals surface area contributed by atoms with E-state index in [0.29, 0.717) is 0 Å². The normalized spacial score (nSPS) is 11.6. The van der Waals surface area contributed by atoms with Crippen molar-refractivity contribution in [2.75, 3.05) is 0 Å². The predicted octanol–water partition coefficient (Wildman–Crippen LogP) is 0.327. The lowest BCUT2D eigenvalue weighted by molar-refractivity contribution is -0.389. The minimum atomic E-state index is -1.14. The average Bonchev–Trinajstić information content (AvgIpc) is 2.84. The Balaban J connectivity index is 2.47. The van der Waals surface area contributed by atoms with Crippen LogP contribution < -0.4 is 5.32 Å². The van der Waals surface area contributed by atoms with E-state index in [0.717, 1.165) is 0 Å². The molecule has 1 rings (SSSR count). The number of carboxylic acids is 1. The van der Waals surface area contributed by atoms with Gasteiger partial charge in [-0.1, -0.05) is 6.08 Å². The molecule has 0 aliphatic rings. The summed E-state index contributed by atoms with van der Waals surface area (Å²) in [6, 6.07) is -1.02. The van der Waals surface area contributed by atoms with Crippen molar-refractivity contribution in [3.05, 3.63) is 35.3 Å². The zero-order valence-electron chi connectivity index (χ0n) is 10.6. The van der Waals surface area contributed by atoms with Crippen LogP contribution in [0.3, 0.4) is 0 Å². The topological polar surface area (TPSA) is 127 Å². The first kappa shape index (κ1) is 15.3. The molecule has 0 aliphatic carbocycles. The minimum Gasteiger partial charge on any atom is -0.480 e. The summed E-state index contributed by atoms with van der Waals surface area (Å²) >= 11 is 0. The van der Waals surface area contributed by atoms with Crippen molar-refractivity contribution in [3.8, 4) is 0 Å². The van der Waals surface area contributed by atoms with Gasteiger partial charge >= 0.3 is 11.8 Å². The molecule has 0 aliphatic heterocycles. The number of hydrogen-bond donors (Lipinski definition) is 2. The molecule has 1 amide bonds. The third-order valence-electron chi connectivity index (χ3n) is 2.44. The first-order chi connectivity index (χ1) is 9.43. The number of carbonyl (C=O) groups excluding carboxylic acids is 1. The molecule has 0 saturated carbocycles. The third-order valence-corrected chi connectivity index (χ3v) is 2.44. The number of carboxylic acid groups (broad SMARTS) is 1. The zero-order valence-corrected chi connectivity index (χ0v) is 10.6. The van der Waals surface area contributed by atoms with Crippen molar-refractivity contribution in [2.45, 2.75) is 25.4 Å². The lowest BCUT2D eigenvalue weighted by Gasteiger charge is -2.12. The number of imidazole rings is 1. The number of nitrogens with one attached hydrogen (secondary N) is 1. The van der Waals surface area contributed by atoms with E-state index in [1.165, 1.54) is 23.2 Å². The quantitative estimate of drug-likeness (QED) is 0.401. The van der Waals surface area contributed by atoms with Gasteiger partial charge in [-0.2, -0.15) is 0 Å². The summed E-state index contributed by atoms with van der Waals surface area (Å²) in [5, 5.41) is 21.6. The summed E-state index contributed by atoms with van der Waals surface area (Å²) in [5.74, 6) is -1.91. The Morgan fingerprint density at radius 1 is 1.65 bits per heavy atom. The SMILES string of the molecule is C=CCC(NC(=O)CCn1cnc([N+](=O)[O-])c1)C(=O)O. The highest BCUT2D eigenvalue weighted by Crippen LogP contribution is 2.06. The highest BCUT2D eigenvalue weighted by atomic mass is 16.6. The van der Waals surface area contributed by atoms with Crippen molar-refractivity contribution in [3.63, 3.8) is 0 Å². The number of aromatic nitrogens is 2. The van der Waals surface area contributed by atoms with E-state index in [-0.39, 0.29) is 25.2 Å². The lowest BCUT2D eigenvalue weighted by Crippen LogP contribution is -2.40. The van der Waals surface area contributed by atoms with Crippen LogP contribution in [0.15, 0.2) is 25.2 Å². The monoisotopic (exact) mass is 282 g/mol. The van der Waals surface area contributed by atoms with E-state index in [1.807, 2.05) is 0 Å². The Morgan fingerprint density at radius 2 is 2.35 bits per heavy atom. The number of rotatable bonds is 8. The van der Waals surface area contributed by atoms with E-state index in [2.05, 4.69) is 16.9 Å². The van der Waals surface area contributed by atoms with Gasteiger partial charge in [0, 0.05) is 13.0 Å². The number of hydrogen-bond acceptors (Lipinski definition) is 5. The Kier molecular flexibility index (Phi) is 5.39. The van der Waals surface area contributed by atoms with Crippen LogP contribution in [0, 0.1) is 10.1 Å². The van der Waals surface area contributed by atoms with Gasteiger partial charge in [0.25, 0.3) is 0 Å². The van der Waals surface area contributed by atoms with Crippen LogP contribution >= 0.6 is 0 Å². The van der Waals surface area contributed by atoms with Crippen molar-refractivity contribution in [1.82, 2.24) is 14.9 Å². The Bertz CT molecular complexity index is 525. The van der Waals surface area contributed by atoms with E-state index in [4.69, 9.17) is 5.11 Å². The smallest absolute Gasteiger partial charge is 0.381 e. The second kappa shape index (κ2) is 7.02. The standard InChI is InChI=1S/C11H14N4O5/c1-2-3-8(11(17)18)13-10(16)4-5-14-6-9(12-7-14)15(19)20/h2,6-8H,1,3-5H2,(H,13,16)(H,17,18). The number of carbonyl (C=O) groups is 2. The van der Waals surface area contributed by atoms with E-state index in [1.54, 1.807) is 0 Å². The maximum absolute atomic E-state index is 11.6. The molecule has 20 heavy (non-hydrogen) atoms. The molecule has 0 saturated heterocycles. The van der Waals surface area contributed by atoms with E-state index >= 15 is 0 Å². The largest absolute Gasteiger partial charge is 0.480 e. The summed E-state index contributed by atoms with van der Waals surface area (Å²) in [6.07, 6.45) is 3.96. The summed E-state index contributed by atoms with van der Waals surface area (Å²) in [4.78, 5) is 35.7. The first-order valence-corrected chi connectivity index (χ1v) is 5.73. The van der Waals surface area contributed by atoms with Crippen LogP contribution in [0.5, 0.6) is 0 Å². The van der Waals surface area contributed by atoms with Crippen LogP contribution in [-0.2, 0) is 16.1 Å². The molecule has 0 spiro atoms. The molecule has 108 valence electrons. The maximum Gasteiger partial charge on any atom is 0.381 e. The molecule has 0 bridgehead atoms. The molecule has 1 unspecified atom stereocenters. The lowest BCUT2D eigenvalue weighted by atomic mass is 10.2. The van der Waals surface area contributed by atoms with E-state index in [9.17, 15) is 19.7 Å². The Morgan fingerprint density at radius 3 is 2.85 bits per heavy atom. The van der Waals surface area contributed by atoms with Gasteiger partial charge in [0.15, 0.2) is 0 Å². The van der Waals surface area contributed by atoms with Gasteiger partial charge in [0.05, 0.1) is 0 Å². The number of aryl methyl sites for hydroxylation is 1. The minimum absolute atomic E-state index is 0.00552. The number of aliphatic carboxylic acids is 1. The van der Waals surface area contributed by atoms with E-state index < -0.39 is 22.8 Å². The number of amides is 1. The first-order valence-electron chi connectivity index (χ1n) is 5.73. The summed E-state index contributed by atoms with van der Waals surface area (Å²) in [5.41, 5.74) is 0. The molecule has 0 fully saturated rings. The van der Waals surface area contributed by atoms with Gasteiger partial charge in [-0.05, 0) is 16.3 Å². The van der Waals surface area contributed by atoms with Gasteiger partial charge in [-0.15, -0.1) is 6.58 Å². The zero-order chi connectivity index (χ0) is 15.1. The summed E-state index contributed by atoms with van der Waals surface area (Å²) in [7, 11) is 0. The highest BCUT2D eigenvalue weighted by Gasteiger charge is 2.18. The van der Waals surface area contributed by atoms with Gasteiger partial charge in [-0.25, -0.2) is 4.79 Å². The average molecular weight is 282 g/mol. The molecule has 0 radical (unpaired) electrons. The van der Waals surface area contributed by atoms with Crippen LogP contribution in [-0.4, -0.2) is 37.5 Å². The van der Waals surface area contributed by atoms with Crippen molar-refractivity contribution < 1.29 is 19.6 Å².